The number of carboxylic acid groups (broad SMARTS) is 1. The smallest absolute Gasteiger partial charge is 0.409 e. The van der Waals surface area contributed by atoms with Crippen LogP contribution in [0.25, 0.3) is 0 Å². The number of sulfonamides is 1. The van der Waals surface area contributed by atoms with E-state index in [1.807, 2.05) is 32.0 Å². The Morgan fingerprint density at radius 3 is 2.40 bits per heavy atom. The number of nitrogen functional groups attached to an aromatic ring is 1. The van der Waals surface area contributed by atoms with Crippen molar-refractivity contribution in [1.82, 2.24) is 9.21 Å². The molecule has 1 aliphatic rings. The van der Waals surface area contributed by atoms with Crippen LogP contribution in [0.3, 0.4) is 0 Å². The van der Waals surface area contributed by atoms with Gasteiger partial charge >= 0.3 is 6.09 Å². The number of carbonyl (C=O) groups is 1. The van der Waals surface area contributed by atoms with E-state index in [0.29, 0.717) is 30.0 Å². The Bertz CT molecular complexity index is 1570. The average Bonchev–Trinajstić information content (AvgIpc) is 3.21. The highest BCUT2D eigenvalue weighted by atomic mass is 32.2. The molecule has 228 valence electrons. The molecule has 3 N–H and O–H groups in total. The van der Waals surface area contributed by atoms with Crippen LogP contribution >= 0.6 is 0 Å². The number of benzene rings is 3. The first-order valence-electron chi connectivity index (χ1n) is 14.1. The highest BCUT2D eigenvalue weighted by Crippen LogP contribution is 2.35. The number of ether oxygens (including phenoxy) is 2. The maximum Gasteiger partial charge on any atom is 0.409 e. The molecule has 3 aromatic carbocycles. The number of nitriles is 1. The maximum atomic E-state index is 13.7. The molecule has 0 saturated carbocycles. The second-order valence-corrected chi connectivity index (χ2v) is 13.5. The van der Waals surface area contributed by atoms with Crippen LogP contribution in [0.2, 0.25) is 0 Å². The van der Waals surface area contributed by atoms with E-state index in [-0.39, 0.29) is 23.9 Å². The van der Waals surface area contributed by atoms with Crippen molar-refractivity contribution >= 4 is 21.8 Å². The minimum Gasteiger partial charge on any atom is -0.489 e. The lowest BCUT2D eigenvalue weighted by atomic mass is 10.00. The van der Waals surface area contributed by atoms with Crippen molar-refractivity contribution in [3.8, 4) is 11.8 Å². The molecule has 0 bridgehead atoms. The summed E-state index contributed by atoms with van der Waals surface area (Å²) in [4.78, 5) is 13.8. The molecule has 4 rings (SSSR count). The molecule has 0 radical (unpaired) electrons. The number of hydrogen-bond acceptors (Lipinski definition) is 7. The lowest BCUT2D eigenvalue weighted by molar-refractivity contribution is -0.0690. The van der Waals surface area contributed by atoms with Gasteiger partial charge in [0.15, 0.2) is 0 Å². The summed E-state index contributed by atoms with van der Waals surface area (Å²) in [6.07, 6.45) is -1.56. The summed E-state index contributed by atoms with van der Waals surface area (Å²) in [6, 6.07) is 22.0. The van der Waals surface area contributed by atoms with Crippen molar-refractivity contribution in [2.24, 2.45) is 5.92 Å². The predicted octanol–water partition coefficient (Wildman–Crippen LogP) is 5.09. The third-order valence-electron chi connectivity index (χ3n) is 7.29. The first-order chi connectivity index (χ1) is 20.3. The molecule has 0 aliphatic carbocycles. The fourth-order valence-corrected chi connectivity index (χ4v) is 6.97. The van der Waals surface area contributed by atoms with E-state index < -0.39 is 34.0 Å². The van der Waals surface area contributed by atoms with Gasteiger partial charge < -0.3 is 20.3 Å². The molecular formula is C32H38N4O6S. The van der Waals surface area contributed by atoms with E-state index in [9.17, 15) is 18.3 Å². The number of nitrogens with two attached hydrogens (primary N) is 1. The van der Waals surface area contributed by atoms with E-state index in [2.05, 4.69) is 6.07 Å². The van der Waals surface area contributed by atoms with Crippen LogP contribution in [0.15, 0.2) is 77.7 Å². The molecule has 0 unspecified atom stereocenters. The van der Waals surface area contributed by atoms with Crippen LogP contribution in [0.4, 0.5) is 10.5 Å². The minimum absolute atomic E-state index is 0.0157. The zero-order valence-corrected chi connectivity index (χ0v) is 25.6. The molecule has 1 heterocycles. The van der Waals surface area contributed by atoms with Gasteiger partial charge in [-0.1, -0.05) is 38.1 Å². The summed E-state index contributed by atoms with van der Waals surface area (Å²) in [6.45, 7) is 7.71. The molecule has 10 nitrogen and oxygen atoms in total. The summed E-state index contributed by atoms with van der Waals surface area (Å²) < 4.78 is 41.0. The van der Waals surface area contributed by atoms with Crippen molar-refractivity contribution < 1.29 is 27.8 Å². The van der Waals surface area contributed by atoms with Crippen molar-refractivity contribution in [1.29, 1.82) is 5.26 Å². The van der Waals surface area contributed by atoms with Crippen LogP contribution in [-0.4, -0.2) is 59.8 Å². The second kappa shape index (κ2) is 13.0. The molecule has 1 fully saturated rings. The van der Waals surface area contributed by atoms with Crippen molar-refractivity contribution in [3.05, 3.63) is 89.5 Å². The van der Waals surface area contributed by atoms with Gasteiger partial charge in [-0.3, -0.25) is 4.90 Å². The Hall–Kier alpha value is -4.11. The van der Waals surface area contributed by atoms with E-state index in [0.717, 1.165) is 11.1 Å². The topological polar surface area (TPSA) is 146 Å². The van der Waals surface area contributed by atoms with Gasteiger partial charge in [0.25, 0.3) is 0 Å². The molecule has 11 heteroatoms. The van der Waals surface area contributed by atoms with Crippen LogP contribution < -0.4 is 10.5 Å². The van der Waals surface area contributed by atoms with Crippen molar-refractivity contribution in [3.63, 3.8) is 0 Å². The van der Waals surface area contributed by atoms with E-state index >= 15 is 0 Å². The monoisotopic (exact) mass is 606 g/mol. The van der Waals surface area contributed by atoms with Gasteiger partial charge in [-0.05, 0) is 85.8 Å². The summed E-state index contributed by atoms with van der Waals surface area (Å²) in [5.74, 6) is 0.639. The Morgan fingerprint density at radius 1 is 1.12 bits per heavy atom. The number of anilines is 1. The average molecular weight is 607 g/mol. The lowest BCUT2D eigenvalue weighted by Crippen LogP contribution is -2.50. The highest BCUT2D eigenvalue weighted by Gasteiger charge is 2.51. The van der Waals surface area contributed by atoms with Gasteiger partial charge in [0.1, 0.15) is 18.1 Å². The Balaban J connectivity index is 1.56. The molecule has 1 saturated heterocycles. The van der Waals surface area contributed by atoms with Gasteiger partial charge in [0.05, 0.1) is 28.7 Å². The van der Waals surface area contributed by atoms with Gasteiger partial charge in [0, 0.05) is 18.8 Å². The number of amides is 1. The molecule has 1 amide bonds. The summed E-state index contributed by atoms with van der Waals surface area (Å²) in [7, 11) is -3.91. The molecular weight excluding hydrogens is 568 g/mol. The minimum atomic E-state index is -3.91. The summed E-state index contributed by atoms with van der Waals surface area (Å²) >= 11 is 0. The SMILES string of the molecule is CC(C)CN(C[C@H]1OC(C)(C)N(C(=O)O)[C@H]1Cc1ccc(OCc2cccc(C#N)c2)cc1)S(=O)(=O)c1ccc(N)cc1. The zero-order chi connectivity index (χ0) is 31.4. The van der Waals surface area contributed by atoms with E-state index in [1.54, 1.807) is 56.3 Å². The third-order valence-corrected chi connectivity index (χ3v) is 9.13. The van der Waals surface area contributed by atoms with Crippen LogP contribution in [0, 0.1) is 17.2 Å². The maximum absolute atomic E-state index is 13.7. The largest absolute Gasteiger partial charge is 0.489 e. The zero-order valence-electron chi connectivity index (χ0n) is 24.8. The Labute approximate surface area is 253 Å². The standard InChI is InChI=1S/C32H38N4O6S/c1-22(2)19-35(43(39,40)28-14-10-26(34)11-15-28)20-30-29(36(31(37)38)32(3,4)42-30)17-23-8-12-27(13-9-23)41-21-25-7-5-6-24(16-25)18-33/h5-16,22,29-30H,17,19-21,34H2,1-4H3,(H,37,38)/t29-,30+/m0/s1. The molecule has 0 spiro atoms. The lowest BCUT2D eigenvalue weighted by Gasteiger charge is -2.31. The Morgan fingerprint density at radius 2 is 1.79 bits per heavy atom. The number of hydrogen-bond donors (Lipinski definition) is 2. The number of nitrogens with zero attached hydrogens (tertiary/aromatic N) is 3. The first kappa shape index (κ1) is 31.8. The highest BCUT2D eigenvalue weighted by molar-refractivity contribution is 7.89. The van der Waals surface area contributed by atoms with Crippen LogP contribution in [-0.2, 0) is 27.8 Å². The summed E-state index contributed by atoms with van der Waals surface area (Å²) in [5, 5.41) is 19.3. The quantitative estimate of drug-likeness (QED) is 0.287. The van der Waals surface area contributed by atoms with Gasteiger partial charge in [-0.15, -0.1) is 0 Å². The van der Waals surface area contributed by atoms with Gasteiger partial charge in [-0.25, -0.2) is 13.2 Å². The first-order valence-corrected chi connectivity index (χ1v) is 15.5. The van der Waals surface area contributed by atoms with Crippen molar-refractivity contribution in [2.45, 2.75) is 63.5 Å². The van der Waals surface area contributed by atoms with Gasteiger partial charge in [-0.2, -0.15) is 9.57 Å². The van der Waals surface area contributed by atoms with Crippen LogP contribution in [0.1, 0.15) is 44.4 Å². The predicted molar refractivity (Wildman–Crippen MR) is 163 cm³/mol. The number of rotatable bonds is 11. The summed E-state index contributed by atoms with van der Waals surface area (Å²) in [5.41, 5.74) is 7.34. The fraction of sp³-hybridized carbons (Fsp3) is 0.375. The molecule has 1 aliphatic heterocycles. The van der Waals surface area contributed by atoms with Gasteiger partial charge in [0.2, 0.25) is 10.0 Å². The van der Waals surface area contributed by atoms with E-state index in [1.165, 1.54) is 21.3 Å². The second-order valence-electron chi connectivity index (χ2n) is 11.6. The van der Waals surface area contributed by atoms with Crippen LogP contribution in [0.5, 0.6) is 5.75 Å². The normalized spacial score (nSPS) is 18.1. The molecule has 2 atom stereocenters. The Kier molecular flexibility index (Phi) is 9.65. The molecule has 0 aromatic heterocycles. The fourth-order valence-electron chi connectivity index (χ4n) is 5.35. The molecule has 43 heavy (non-hydrogen) atoms. The van der Waals surface area contributed by atoms with E-state index in [4.69, 9.17) is 20.5 Å². The third kappa shape index (κ3) is 7.65. The van der Waals surface area contributed by atoms with Crippen molar-refractivity contribution in [2.75, 3.05) is 18.8 Å². The molecule has 3 aromatic rings.